The van der Waals surface area contributed by atoms with Crippen molar-refractivity contribution in [1.82, 2.24) is 24.7 Å². The summed E-state index contributed by atoms with van der Waals surface area (Å²) in [5, 5.41) is 28.2. The van der Waals surface area contributed by atoms with Crippen molar-refractivity contribution < 1.29 is 5.11 Å². The number of nitriles is 1. The Morgan fingerprint density at radius 3 is 2.79 bits per heavy atom. The molecular weight excluding hydrogens is 478 g/mol. The molecule has 1 aromatic carbocycles. The first-order chi connectivity index (χ1) is 18.5. The van der Waals surface area contributed by atoms with Crippen LogP contribution < -0.4 is 15.5 Å². The number of rotatable bonds is 4. The number of benzene rings is 1. The van der Waals surface area contributed by atoms with Crippen LogP contribution >= 0.6 is 0 Å². The van der Waals surface area contributed by atoms with Gasteiger partial charge in [-0.1, -0.05) is 18.1 Å². The molecule has 0 bridgehead atoms. The monoisotopic (exact) mass is 505 g/mol. The van der Waals surface area contributed by atoms with Gasteiger partial charge < -0.3 is 25.2 Å². The van der Waals surface area contributed by atoms with Crippen LogP contribution in [0.3, 0.4) is 0 Å². The van der Waals surface area contributed by atoms with Crippen molar-refractivity contribution in [2.45, 2.75) is 25.9 Å². The molecule has 1 aliphatic heterocycles. The van der Waals surface area contributed by atoms with Crippen LogP contribution in [0.5, 0.6) is 5.75 Å². The third-order valence-corrected chi connectivity index (χ3v) is 6.60. The molecule has 5 rings (SSSR count). The minimum Gasteiger partial charge on any atom is -0.507 e. The van der Waals surface area contributed by atoms with E-state index in [1.165, 1.54) is 0 Å². The van der Waals surface area contributed by atoms with Gasteiger partial charge in [-0.2, -0.15) is 5.26 Å². The van der Waals surface area contributed by atoms with Crippen molar-refractivity contribution in [3.63, 3.8) is 0 Å². The maximum Gasteiger partial charge on any atom is 0.169 e. The van der Waals surface area contributed by atoms with Gasteiger partial charge in [-0.15, -0.1) is 10.2 Å². The average molecular weight is 506 g/mol. The number of phenolic OH excluding ortho intramolecular Hbond substituents is 1. The molecule has 0 spiro atoms. The van der Waals surface area contributed by atoms with E-state index in [-0.39, 0.29) is 11.8 Å². The zero-order chi connectivity index (χ0) is 26.5. The Hall–Kier alpha value is -5.09. The normalized spacial score (nSPS) is 15.3. The van der Waals surface area contributed by atoms with Crippen LogP contribution in [0.4, 0.5) is 17.3 Å². The number of nitrogens with two attached hydrogens (primary N) is 1. The number of nitrogens with zero attached hydrogens (tertiary/aromatic N) is 8. The minimum absolute atomic E-state index is 0.143. The summed E-state index contributed by atoms with van der Waals surface area (Å²) in [7, 11) is 0. The van der Waals surface area contributed by atoms with Crippen LogP contribution in [0.1, 0.15) is 24.6 Å². The fraction of sp³-hybridized carbons (Fsp3) is 0.250. The quantitative estimate of drug-likeness (QED) is 0.401. The van der Waals surface area contributed by atoms with E-state index < -0.39 is 0 Å². The third-order valence-electron chi connectivity index (χ3n) is 6.60. The Bertz CT molecular complexity index is 1530. The highest BCUT2D eigenvalue weighted by atomic mass is 16.3. The Morgan fingerprint density at radius 1 is 1.13 bits per heavy atom. The molecule has 1 unspecified atom stereocenters. The van der Waals surface area contributed by atoms with E-state index in [1.54, 1.807) is 36.8 Å². The topological polar surface area (TPSA) is 133 Å². The molecule has 1 atom stereocenters. The molecular formula is C28H27N9O. The zero-order valence-electron chi connectivity index (χ0n) is 21.0. The van der Waals surface area contributed by atoms with Crippen molar-refractivity contribution in [1.29, 1.82) is 5.26 Å². The van der Waals surface area contributed by atoms with Crippen molar-refractivity contribution in [2.24, 2.45) is 0 Å². The van der Waals surface area contributed by atoms with Gasteiger partial charge in [0.25, 0.3) is 0 Å². The summed E-state index contributed by atoms with van der Waals surface area (Å²) in [5.74, 6) is 7.40. The highest BCUT2D eigenvalue weighted by molar-refractivity contribution is 5.74. The number of hydrogen-bond donors (Lipinski definition) is 2. The lowest BCUT2D eigenvalue weighted by Crippen LogP contribution is -2.35. The highest BCUT2D eigenvalue weighted by Gasteiger charge is 2.24. The summed E-state index contributed by atoms with van der Waals surface area (Å²) in [6.45, 7) is 4.77. The maximum atomic E-state index is 10.3. The number of hydrogen-bond acceptors (Lipinski definition) is 9. The van der Waals surface area contributed by atoms with E-state index in [1.807, 2.05) is 29.0 Å². The van der Waals surface area contributed by atoms with Gasteiger partial charge >= 0.3 is 0 Å². The number of imidazole rings is 1. The summed E-state index contributed by atoms with van der Waals surface area (Å²) in [6, 6.07) is 15.0. The Kier molecular flexibility index (Phi) is 7.05. The van der Waals surface area contributed by atoms with Crippen LogP contribution in [0, 0.1) is 23.2 Å². The van der Waals surface area contributed by atoms with E-state index in [0.717, 1.165) is 24.5 Å². The number of pyridine rings is 1. The molecule has 1 fully saturated rings. The molecule has 1 saturated heterocycles. The third kappa shape index (κ3) is 5.20. The maximum absolute atomic E-state index is 10.3. The molecule has 0 amide bonds. The van der Waals surface area contributed by atoms with Crippen molar-refractivity contribution in [2.75, 3.05) is 35.2 Å². The summed E-state index contributed by atoms with van der Waals surface area (Å²) in [4.78, 5) is 13.2. The minimum atomic E-state index is 0.143. The molecule has 0 saturated carbocycles. The van der Waals surface area contributed by atoms with Crippen LogP contribution in [0.15, 0.2) is 61.2 Å². The largest absolute Gasteiger partial charge is 0.507 e. The van der Waals surface area contributed by atoms with Gasteiger partial charge in [0.05, 0.1) is 29.8 Å². The van der Waals surface area contributed by atoms with Crippen LogP contribution in [-0.2, 0) is 6.54 Å². The molecule has 3 aromatic heterocycles. The van der Waals surface area contributed by atoms with Crippen molar-refractivity contribution in [3.05, 3.63) is 72.4 Å². The first-order valence-corrected chi connectivity index (χ1v) is 12.3. The molecule has 10 heteroatoms. The van der Waals surface area contributed by atoms with Gasteiger partial charge in [0.2, 0.25) is 0 Å². The number of phenols is 1. The molecule has 1 aliphatic rings. The average Bonchev–Trinajstić information content (AvgIpc) is 3.37. The highest BCUT2D eigenvalue weighted by Crippen LogP contribution is 2.32. The first-order valence-electron chi connectivity index (χ1n) is 12.3. The standard InChI is InChI=1S/C28H27N9O/c1-20-10-13-36(25-17-24(33-34-28(25)30)22-5-2-3-7-26(22)38)15-16-37(20)27-9-8-21(18-29)23(32-27)6-4-12-35-14-11-31-19-35/h2-3,5,7-9,11,14,17,19-20,38H,10,12-13,15-16H2,1H3,(H2,30,34). The Morgan fingerprint density at radius 2 is 2.00 bits per heavy atom. The van der Waals surface area contributed by atoms with E-state index in [0.29, 0.717) is 48.0 Å². The molecule has 0 radical (unpaired) electrons. The zero-order valence-corrected chi connectivity index (χ0v) is 21.0. The first kappa shape index (κ1) is 24.6. The predicted octanol–water partition coefficient (Wildman–Crippen LogP) is 3.05. The van der Waals surface area contributed by atoms with Crippen molar-refractivity contribution >= 4 is 17.3 Å². The lowest BCUT2D eigenvalue weighted by atomic mass is 10.1. The van der Waals surface area contributed by atoms with E-state index in [2.05, 4.69) is 49.8 Å². The lowest BCUT2D eigenvalue weighted by Gasteiger charge is -2.28. The summed E-state index contributed by atoms with van der Waals surface area (Å²) in [6.07, 6.45) is 6.10. The number of para-hydroxylation sites is 1. The molecule has 4 aromatic rings. The van der Waals surface area contributed by atoms with E-state index in [4.69, 9.17) is 10.7 Å². The molecule has 4 heterocycles. The molecule has 190 valence electrons. The summed E-state index contributed by atoms with van der Waals surface area (Å²) in [5.41, 5.74) is 9.11. The fourth-order valence-electron chi connectivity index (χ4n) is 4.50. The van der Waals surface area contributed by atoms with Gasteiger partial charge in [-0.3, -0.25) is 0 Å². The smallest absolute Gasteiger partial charge is 0.169 e. The summed E-state index contributed by atoms with van der Waals surface area (Å²) < 4.78 is 1.86. The van der Waals surface area contributed by atoms with Crippen LogP contribution in [0.25, 0.3) is 11.3 Å². The van der Waals surface area contributed by atoms with Gasteiger partial charge in [0.15, 0.2) is 5.82 Å². The van der Waals surface area contributed by atoms with E-state index >= 15 is 0 Å². The van der Waals surface area contributed by atoms with Crippen LogP contribution in [0.2, 0.25) is 0 Å². The summed E-state index contributed by atoms with van der Waals surface area (Å²) >= 11 is 0. The van der Waals surface area contributed by atoms with Gasteiger partial charge in [0, 0.05) is 43.6 Å². The molecule has 0 aliphatic carbocycles. The number of nitrogen functional groups attached to an aromatic ring is 1. The Balaban J connectivity index is 1.37. The van der Waals surface area contributed by atoms with Gasteiger partial charge in [-0.05, 0) is 49.6 Å². The number of aromatic nitrogens is 5. The molecule has 38 heavy (non-hydrogen) atoms. The predicted molar refractivity (Wildman–Crippen MR) is 145 cm³/mol. The second kappa shape index (κ2) is 10.9. The molecule has 3 N–H and O–H groups in total. The van der Waals surface area contributed by atoms with Crippen molar-refractivity contribution in [3.8, 4) is 34.9 Å². The number of aromatic hydroxyl groups is 1. The second-order valence-corrected chi connectivity index (χ2v) is 9.05. The Labute approximate surface area is 221 Å². The molecule has 10 nitrogen and oxygen atoms in total. The van der Waals surface area contributed by atoms with Crippen LogP contribution in [-0.4, -0.2) is 55.5 Å². The van der Waals surface area contributed by atoms with Gasteiger partial charge in [-0.25, -0.2) is 9.97 Å². The van der Waals surface area contributed by atoms with E-state index in [9.17, 15) is 10.4 Å². The van der Waals surface area contributed by atoms with Gasteiger partial charge in [0.1, 0.15) is 23.3 Å². The second-order valence-electron chi connectivity index (χ2n) is 9.05. The SMILES string of the molecule is CC1CCN(c2cc(-c3ccccc3O)nnc2N)CCN1c1ccc(C#N)c(C#CCn2ccnc2)n1. The lowest BCUT2D eigenvalue weighted by molar-refractivity contribution is 0.477. The fourth-order valence-corrected chi connectivity index (χ4v) is 4.50. The number of anilines is 3.